The van der Waals surface area contributed by atoms with Crippen LogP contribution in [0.4, 0.5) is 5.69 Å². The maximum absolute atomic E-state index is 12.9. The number of rotatable bonds is 8. The first-order valence-electron chi connectivity index (χ1n) is 13.0. The largest absolute Gasteiger partial charge is 0.502 e. The fourth-order valence-corrected chi connectivity index (χ4v) is 5.19. The predicted molar refractivity (Wildman–Crippen MR) is 150 cm³/mol. The van der Waals surface area contributed by atoms with Gasteiger partial charge in [-0.05, 0) is 40.6 Å². The lowest BCUT2D eigenvalue weighted by Crippen LogP contribution is -2.46. The summed E-state index contributed by atoms with van der Waals surface area (Å²) in [6.07, 6.45) is -0.0784. The zero-order valence-electron chi connectivity index (χ0n) is 22.1. The number of benzene rings is 3. The van der Waals surface area contributed by atoms with Crippen LogP contribution in [0.1, 0.15) is 29.4 Å². The normalized spacial score (nSPS) is 14.8. The van der Waals surface area contributed by atoms with Crippen LogP contribution < -0.4 is 15.1 Å². The van der Waals surface area contributed by atoms with Gasteiger partial charge in [-0.2, -0.15) is 0 Å². The minimum Gasteiger partial charge on any atom is -0.502 e. The first-order chi connectivity index (χ1) is 19.0. The molecule has 4 aromatic rings. The molecule has 1 saturated heterocycles. The Kier molecular flexibility index (Phi) is 7.84. The van der Waals surface area contributed by atoms with Crippen molar-refractivity contribution in [2.24, 2.45) is 0 Å². The molecule has 0 spiro atoms. The third kappa shape index (κ3) is 5.76. The van der Waals surface area contributed by atoms with E-state index in [9.17, 15) is 14.7 Å². The van der Waals surface area contributed by atoms with Crippen molar-refractivity contribution in [3.63, 3.8) is 0 Å². The molecule has 0 radical (unpaired) electrons. The molecule has 1 fully saturated rings. The minimum atomic E-state index is -0.692. The Morgan fingerprint density at radius 1 is 0.974 bits per heavy atom. The third-order valence-corrected chi connectivity index (χ3v) is 7.30. The van der Waals surface area contributed by atoms with E-state index < -0.39 is 23.1 Å². The molecule has 202 valence electrons. The number of carbonyl (C=O) groups is 1. The summed E-state index contributed by atoms with van der Waals surface area (Å²) >= 11 is 0. The highest BCUT2D eigenvalue weighted by Gasteiger charge is 2.28. The van der Waals surface area contributed by atoms with Crippen molar-refractivity contribution in [1.29, 1.82) is 0 Å². The summed E-state index contributed by atoms with van der Waals surface area (Å²) < 4.78 is 16.4. The van der Waals surface area contributed by atoms with Gasteiger partial charge in [0.1, 0.15) is 11.5 Å². The van der Waals surface area contributed by atoms with E-state index in [1.807, 2.05) is 54.6 Å². The van der Waals surface area contributed by atoms with E-state index in [1.54, 1.807) is 7.11 Å². The van der Waals surface area contributed by atoms with Gasteiger partial charge < -0.3 is 23.9 Å². The molecule has 1 aliphatic heterocycles. The first kappa shape index (κ1) is 26.3. The predicted octanol–water partition coefficient (Wildman–Crippen LogP) is 4.52. The number of nitrogens with zero attached hydrogens (tertiary/aromatic N) is 2. The van der Waals surface area contributed by atoms with Gasteiger partial charge in [0.15, 0.2) is 5.76 Å². The average Bonchev–Trinajstić information content (AvgIpc) is 2.98. The van der Waals surface area contributed by atoms with Gasteiger partial charge in [0.2, 0.25) is 11.2 Å². The third-order valence-electron chi connectivity index (χ3n) is 7.30. The number of esters is 1. The van der Waals surface area contributed by atoms with E-state index >= 15 is 0 Å². The van der Waals surface area contributed by atoms with Gasteiger partial charge in [0.05, 0.1) is 33.1 Å². The summed E-state index contributed by atoms with van der Waals surface area (Å²) in [5.74, 6) is -0.287. The second-order valence-corrected chi connectivity index (χ2v) is 9.65. The maximum atomic E-state index is 12.9. The van der Waals surface area contributed by atoms with Gasteiger partial charge in [-0.25, -0.2) is 0 Å². The number of carbonyl (C=O) groups excluding carboxylic acids is 1. The fraction of sp³-hybridized carbons (Fsp3) is 0.290. The Morgan fingerprint density at radius 3 is 2.41 bits per heavy atom. The number of hydrogen-bond acceptors (Lipinski definition) is 8. The molecule has 0 amide bonds. The molecule has 3 aromatic carbocycles. The SMILES string of the molecule is COC(=O)C[C@H](c1oc(CN2CCN(c3ccc(OC)cc3)CC2)cc(=O)c1O)c1cccc2ccccc12. The van der Waals surface area contributed by atoms with Gasteiger partial charge in [-0.15, -0.1) is 0 Å². The number of piperazine rings is 1. The maximum Gasteiger partial charge on any atom is 0.306 e. The van der Waals surface area contributed by atoms with Crippen molar-refractivity contribution in [1.82, 2.24) is 4.90 Å². The number of hydrogen-bond donors (Lipinski definition) is 1. The molecule has 0 aliphatic carbocycles. The summed E-state index contributed by atoms with van der Waals surface area (Å²) in [6.45, 7) is 3.62. The molecule has 1 N–H and O–H groups in total. The standard InChI is InChI=1S/C31H32N2O6/c1-37-23-12-10-22(11-13-23)33-16-14-32(15-17-33)20-24-18-28(34)30(36)31(39-24)27(19-29(35)38-2)26-9-5-7-21-6-3-4-8-25(21)26/h3-13,18,27,36H,14-17,19-20H2,1-2H3/t27-/m0/s1. The smallest absolute Gasteiger partial charge is 0.306 e. The van der Waals surface area contributed by atoms with Crippen LogP contribution >= 0.6 is 0 Å². The van der Waals surface area contributed by atoms with E-state index in [-0.39, 0.29) is 12.2 Å². The van der Waals surface area contributed by atoms with E-state index in [1.165, 1.54) is 13.2 Å². The Morgan fingerprint density at radius 2 is 1.69 bits per heavy atom. The molecule has 1 aliphatic rings. The number of methoxy groups -OCH3 is 2. The first-order valence-corrected chi connectivity index (χ1v) is 13.0. The molecule has 0 unspecified atom stereocenters. The van der Waals surface area contributed by atoms with Crippen LogP contribution in [0.3, 0.4) is 0 Å². The minimum absolute atomic E-state index is 0.0784. The molecule has 1 aromatic heterocycles. The van der Waals surface area contributed by atoms with Crippen LogP contribution in [0.5, 0.6) is 11.5 Å². The molecular weight excluding hydrogens is 496 g/mol. The Balaban J connectivity index is 1.40. The van der Waals surface area contributed by atoms with Crippen molar-refractivity contribution in [2.75, 3.05) is 45.3 Å². The van der Waals surface area contributed by atoms with Crippen molar-refractivity contribution in [2.45, 2.75) is 18.9 Å². The van der Waals surface area contributed by atoms with E-state index in [0.29, 0.717) is 12.3 Å². The zero-order chi connectivity index (χ0) is 27.4. The second-order valence-electron chi connectivity index (χ2n) is 9.65. The Hall–Kier alpha value is -4.30. The highest BCUT2D eigenvalue weighted by Crippen LogP contribution is 2.37. The number of ether oxygens (including phenoxy) is 2. The van der Waals surface area contributed by atoms with Gasteiger partial charge in [-0.3, -0.25) is 14.5 Å². The fourth-order valence-electron chi connectivity index (χ4n) is 5.19. The van der Waals surface area contributed by atoms with E-state index in [4.69, 9.17) is 13.9 Å². The summed E-state index contributed by atoms with van der Waals surface area (Å²) in [5, 5.41) is 12.7. The highest BCUT2D eigenvalue weighted by molar-refractivity contribution is 5.87. The summed E-state index contributed by atoms with van der Waals surface area (Å²) in [4.78, 5) is 29.8. The summed E-state index contributed by atoms with van der Waals surface area (Å²) in [5.41, 5.74) is 1.38. The molecule has 1 atom stereocenters. The van der Waals surface area contributed by atoms with Crippen LogP contribution in [-0.2, 0) is 16.1 Å². The summed E-state index contributed by atoms with van der Waals surface area (Å²) in [6, 6.07) is 22.9. The average molecular weight is 529 g/mol. The lowest BCUT2D eigenvalue weighted by atomic mass is 9.88. The van der Waals surface area contributed by atoms with Crippen LogP contribution in [0.2, 0.25) is 0 Å². The van der Waals surface area contributed by atoms with Gasteiger partial charge in [0.25, 0.3) is 0 Å². The van der Waals surface area contributed by atoms with E-state index in [0.717, 1.165) is 54.0 Å². The molecular formula is C31H32N2O6. The van der Waals surface area contributed by atoms with Gasteiger partial charge in [0, 0.05) is 37.9 Å². The molecule has 8 heteroatoms. The summed E-state index contributed by atoms with van der Waals surface area (Å²) in [7, 11) is 2.97. The molecule has 39 heavy (non-hydrogen) atoms. The monoisotopic (exact) mass is 528 g/mol. The van der Waals surface area contributed by atoms with Crippen molar-refractivity contribution in [3.05, 3.63) is 100 Å². The van der Waals surface area contributed by atoms with Crippen molar-refractivity contribution < 1.29 is 23.8 Å². The number of aromatic hydroxyl groups is 1. The van der Waals surface area contributed by atoms with Crippen LogP contribution in [0, 0.1) is 0 Å². The Labute approximate surface area is 227 Å². The lowest BCUT2D eigenvalue weighted by molar-refractivity contribution is -0.140. The molecule has 0 bridgehead atoms. The number of fused-ring (bicyclic) bond motifs is 1. The van der Waals surface area contributed by atoms with E-state index in [2.05, 4.69) is 21.9 Å². The molecule has 0 saturated carbocycles. The van der Waals surface area contributed by atoms with Crippen LogP contribution in [0.15, 0.2) is 82.0 Å². The Bertz CT molecular complexity index is 1500. The number of anilines is 1. The topological polar surface area (TPSA) is 92.5 Å². The lowest BCUT2D eigenvalue weighted by Gasteiger charge is -2.36. The second kappa shape index (κ2) is 11.6. The zero-order valence-corrected chi connectivity index (χ0v) is 22.1. The van der Waals surface area contributed by atoms with Gasteiger partial charge in [-0.1, -0.05) is 42.5 Å². The molecule has 5 rings (SSSR count). The molecule has 8 nitrogen and oxygen atoms in total. The molecule has 2 heterocycles. The highest BCUT2D eigenvalue weighted by atomic mass is 16.5. The van der Waals surface area contributed by atoms with Crippen molar-refractivity contribution >= 4 is 22.4 Å². The van der Waals surface area contributed by atoms with Gasteiger partial charge >= 0.3 is 5.97 Å². The van der Waals surface area contributed by atoms with Crippen molar-refractivity contribution in [3.8, 4) is 11.5 Å². The van der Waals surface area contributed by atoms with Crippen LogP contribution in [0.25, 0.3) is 10.8 Å². The quantitative estimate of drug-likeness (QED) is 0.334. The van der Waals surface area contributed by atoms with Crippen LogP contribution in [-0.4, -0.2) is 56.4 Å².